The van der Waals surface area contributed by atoms with Crippen molar-refractivity contribution in [2.24, 2.45) is 5.92 Å². The molecule has 4 rings (SSSR count). The average molecular weight is 654 g/mol. The van der Waals surface area contributed by atoms with E-state index in [-0.39, 0.29) is 24.3 Å². The van der Waals surface area contributed by atoms with Crippen LogP contribution in [0.15, 0.2) is 41.3 Å². The molecule has 2 atom stereocenters. The third kappa shape index (κ3) is 8.52. The van der Waals surface area contributed by atoms with Crippen molar-refractivity contribution in [3.63, 3.8) is 0 Å². The van der Waals surface area contributed by atoms with Gasteiger partial charge < -0.3 is 19.9 Å². The number of hydrogen-bond donors (Lipinski definition) is 2. The van der Waals surface area contributed by atoms with E-state index in [0.717, 1.165) is 63.4 Å². The Labute approximate surface area is 274 Å². The Bertz CT molecular complexity index is 1690. The van der Waals surface area contributed by atoms with E-state index in [4.69, 9.17) is 0 Å². The summed E-state index contributed by atoms with van der Waals surface area (Å²) >= 11 is 0. The molecule has 0 radical (unpaired) electrons. The van der Waals surface area contributed by atoms with E-state index in [0.29, 0.717) is 18.2 Å². The highest BCUT2D eigenvalue weighted by Gasteiger charge is 2.36. The van der Waals surface area contributed by atoms with E-state index in [2.05, 4.69) is 31.3 Å². The summed E-state index contributed by atoms with van der Waals surface area (Å²) in [5.74, 6) is -1.82. The first-order valence-corrected chi connectivity index (χ1v) is 16.2. The molecule has 1 heterocycles. The summed E-state index contributed by atoms with van der Waals surface area (Å²) in [5, 5.41) is 12.8. The summed E-state index contributed by atoms with van der Waals surface area (Å²) in [7, 11) is 3.49. The first kappa shape index (κ1) is 35.9. The molecule has 0 unspecified atom stereocenters. The number of halogens is 3. The summed E-state index contributed by atoms with van der Waals surface area (Å²) in [4.78, 5) is 41.2. The summed E-state index contributed by atoms with van der Waals surface area (Å²) in [6.07, 6.45) is -1.09. The second kappa shape index (κ2) is 14.5. The molecular weight excluding hydrogens is 607 g/mol. The number of pyridine rings is 1. The molecule has 2 N–H and O–H groups in total. The third-order valence-electron chi connectivity index (χ3n) is 8.91. The highest BCUT2D eigenvalue weighted by Crippen LogP contribution is 2.39. The van der Waals surface area contributed by atoms with E-state index >= 15 is 0 Å². The molecule has 1 amide bonds. The molecule has 10 heteroatoms. The van der Waals surface area contributed by atoms with Gasteiger partial charge in [0.1, 0.15) is 6.04 Å². The normalized spacial score (nSPS) is 14.4. The standard InChI is InChI=1S/C37H46F3N3O4/c1-21(2)13-32(43-20-26(11-12-42(6)7)30(18-33(43)44)37(38,39)40)36(47)41-31(19-34(45)46)27-16-25-9-8-10-28(25)29(17-27)35-23(4)14-22(3)15-24(35)5/h14-18,20-21,31-32H,8-13,19H2,1-7H3,(H,41,47)(H,45,46)/t31-,32-/m0/s1. The number of hydrogen-bond acceptors (Lipinski definition) is 4. The Morgan fingerprint density at radius 3 is 2.26 bits per heavy atom. The van der Waals surface area contributed by atoms with Gasteiger partial charge in [-0.15, -0.1) is 0 Å². The Morgan fingerprint density at radius 2 is 1.68 bits per heavy atom. The van der Waals surface area contributed by atoms with Gasteiger partial charge in [-0.05, 0) is 123 Å². The molecule has 47 heavy (non-hydrogen) atoms. The van der Waals surface area contributed by atoms with Crippen LogP contribution in [0.25, 0.3) is 11.1 Å². The molecule has 7 nitrogen and oxygen atoms in total. The number of nitrogens with zero attached hydrogens (tertiary/aromatic N) is 2. The Kier molecular flexibility index (Phi) is 11.1. The minimum Gasteiger partial charge on any atom is -0.481 e. The number of benzene rings is 2. The van der Waals surface area contributed by atoms with Crippen LogP contribution in [0.4, 0.5) is 13.2 Å². The SMILES string of the molecule is Cc1cc(C)c(-c2cc([C@H](CC(=O)O)NC(=O)[C@H](CC(C)C)n3cc(CCN(C)C)c(C(F)(F)F)cc3=O)cc3c2CCC3)c(C)c1. The largest absolute Gasteiger partial charge is 0.481 e. The number of carboxylic acids is 1. The molecule has 0 fully saturated rings. The number of nitrogens with one attached hydrogen (secondary N) is 1. The molecule has 1 aliphatic carbocycles. The summed E-state index contributed by atoms with van der Waals surface area (Å²) in [6, 6.07) is 6.69. The zero-order valence-corrected chi connectivity index (χ0v) is 28.3. The number of aliphatic carboxylic acids is 1. The number of aryl methyl sites for hydroxylation is 4. The van der Waals surface area contributed by atoms with Gasteiger partial charge in [0.05, 0.1) is 18.0 Å². The molecule has 0 spiro atoms. The zero-order chi connectivity index (χ0) is 34.8. The first-order chi connectivity index (χ1) is 22.0. The van der Waals surface area contributed by atoms with Crippen molar-refractivity contribution in [3.05, 3.63) is 91.4 Å². The monoisotopic (exact) mass is 653 g/mol. The van der Waals surface area contributed by atoms with Gasteiger partial charge in [0, 0.05) is 18.8 Å². The van der Waals surface area contributed by atoms with Crippen LogP contribution in [0.2, 0.25) is 0 Å². The Morgan fingerprint density at radius 1 is 1.02 bits per heavy atom. The number of amides is 1. The van der Waals surface area contributed by atoms with Gasteiger partial charge in [0.15, 0.2) is 0 Å². The van der Waals surface area contributed by atoms with Crippen molar-refractivity contribution in [3.8, 4) is 11.1 Å². The highest BCUT2D eigenvalue weighted by molar-refractivity contribution is 5.82. The van der Waals surface area contributed by atoms with E-state index in [9.17, 15) is 32.7 Å². The lowest BCUT2D eigenvalue weighted by Gasteiger charge is -2.27. The Hall–Kier alpha value is -3.92. The molecule has 0 bridgehead atoms. The number of alkyl halides is 3. The number of fused-ring (bicyclic) bond motifs is 1. The lowest BCUT2D eigenvalue weighted by molar-refractivity contribution is -0.139. The molecule has 0 saturated heterocycles. The maximum atomic E-state index is 14.1. The fraction of sp³-hybridized carbons (Fsp3) is 0.486. The number of aromatic nitrogens is 1. The molecule has 2 aromatic carbocycles. The van der Waals surface area contributed by atoms with Gasteiger partial charge in [-0.25, -0.2) is 0 Å². The van der Waals surface area contributed by atoms with Crippen LogP contribution in [0.1, 0.15) is 89.7 Å². The van der Waals surface area contributed by atoms with Crippen LogP contribution >= 0.6 is 0 Å². The fourth-order valence-electron chi connectivity index (χ4n) is 6.89. The van der Waals surface area contributed by atoms with Gasteiger partial charge in [-0.2, -0.15) is 13.2 Å². The van der Waals surface area contributed by atoms with Crippen molar-refractivity contribution in [2.75, 3.05) is 20.6 Å². The number of carbonyl (C=O) groups excluding carboxylic acids is 1. The molecule has 1 aliphatic rings. The van der Waals surface area contributed by atoms with Crippen molar-refractivity contribution in [2.45, 2.75) is 91.4 Å². The predicted octanol–water partition coefficient (Wildman–Crippen LogP) is 6.97. The molecule has 3 aromatic rings. The summed E-state index contributed by atoms with van der Waals surface area (Å²) in [5.41, 5.74) is 6.43. The number of carbonyl (C=O) groups is 2. The van der Waals surface area contributed by atoms with Gasteiger partial charge in [0.2, 0.25) is 5.91 Å². The van der Waals surface area contributed by atoms with Crippen molar-refractivity contribution < 1.29 is 27.9 Å². The van der Waals surface area contributed by atoms with Crippen molar-refractivity contribution in [1.82, 2.24) is 14.8 Å². The molecule has 0 aliphatic heterocycles. The van der Waals surface area contributed by atoms with E-state index in [1.54, 1.807) is 19.0 Å². The fourth-order valence-corrected chi connectivity index (χ4v) is 6.89. The van der Waals surface area contributed by atoms with Gasteiger partial charge in [-0.1, -0.05) is 37.6 Å². The van der Waals surface area contributed by atoms with E-state index in [1.165, 1.54) is 5.56 Å². The quantitative estimate of drug-likeness (QED) is 0.220. The first-order valence-electron chi connectivity index (χ1n) is 16.2. The van der Waals surface area contributed by atoms with Crippen LogP contribution in [-0.2, 0) is 35.0 Å². The van der Waals surface area contributed by atoms with Gasteiger partial charge in [0.25, 0.3) is 5.56 Å². The molecule has 0 saturated carbocycles. The predicted molar refractivity (Wildman–Crippen MR) is 178 cm³/mol. The van der Waals surface area contributed by atoms with Gasteiger partial charge in [-0.3, -0.25) is 14.4 Å². The van der Waals surface area contributed by atoms with Crippen LogP contribution in [-0.4, -0.2) is 47.1 Å². The van der Waals surface area contributed by atoms with Crippen LogP contribution in [0.5, 0.6) is 0 Å². The highest BCUT2D eigenvalue weighted by atomic mass is 19.4. The van der Waals surface area contributed by atoms with Gasteiger partial charge >= 0.3 is 12.1 Å². The third-order valence-corrected chi connectivity index (χ3v) is 8.91. The van der Waals surface area contributed by atoms with Crippen molar-refractivity contribution in [1.29, 1.82) is 0 Å². The van der Waals surface area contributed by atoms with Crippen LogP contribution in [0.3, 0.4) is 0 Å². The molecule has 1 aromatic heterocycles. The number of likely N-dealkylation sites (N-methyl/N-ethyl adjacent to an activating group) is 1. The lowest BCUT2D eigenvalue weighted by atomic mass is 9.86. The zero-order valence-electron chi connectivity index (χ0n) is 28.3. The second-order valence-electron chi connectivity index (χ2n) is 13.6. The van der Waals surface area contributed by atoms with Crippen LogP contribution < -0.4 is 10.9 Å². The minimum atomic E-state index is -4.73. The smallest absolute Gasteiger partial charge is 0.416 e. The van der Waals surface area contributed by atoms with Crippen LogP contribution in [0, 0.1) is 26.7 Å². The lowest BCUT2D eigenvalue weighted by Crippen LogP contribution is -2.40. The molecule has 254 valence electrons. The topological polar surface area (TPSA) is 91.6 Å². The summed E-state index contributed by atoms with van der Waals surface area (Å²) < 4.78 is 43.0. The molecular formula is C37H46F3N3O4. The van der Waals surface area contributed by atoms with E-state index in [1.807, 2.05) is 32.9 Å². The minimum absolute atomic E-state index is 0.0233. The number of carboxylic acid groups (broad SMARTS) is 1. The maximum absolute atomic E-state index is 14.1. The maximum Gasteiger partial charge on any atom is 0.416 e. The van der Waals surface area contributed by atoms with Crippen molar-refractivity contribution >= 4 is 11.9 Å². The second-order valence-corrected chi connectivity index (χ2v) is 13.6. The number of rotatable bonds is 12. The Balaban J connectivity index is 1.80. The van der Waals surface area contributed by atoms with E-state index < -0.39 is 47.7 Å². The summed E-state index contributed by atoms with van der Waals surface area (Å²) in [6.45, 7) is 10.2. The average Bonchev–Trinajstić information content (AvgIpc) is 3.42.